The number of phenolic OH excluding ortho intramolecular Hbond substituents is 2. The van der Waals surface area contributed by atoms with Gasteiger partial charge in [-0.15, -0.1) is 0 Å². The van der Waals surface area contributed by atoms with Crippen LogP contribution in [0.4, 0.5) is 0 Å². The van der Waals surface area contributed by atoms with Crippen molar-refractivity contribution in [2.24, 2.45) is 11.3 Å². The van der Waals surface area contributed by atoms with E-state index in [4.69, 9.17) is 0 Å². The molecule has 2 aromatic carbocycles. The molecule has 2 rings (SSSR count). The van der Waals surface area contributed by atoms with E-state index in [2.05, 4.69) is 53.7 Å². The first kappa shape index (κ1) is 21.1. The van der Waals surface area contributed by atoms with E-state index in [0.717, 1.165) is 17.5 Å². The highest BCUT2D eigenvalue weighted by Crippen LogP contribution is 2.39. The minimum atomic E-state index is 0.0948. The van der Waals surface area contributed by atoms with Crippen LogP contribution in [-0.4, -0.2) is 10.2 Å². The Morgan fingerprint density at radius 3 is 2.15 bits per heavy atom. The fourth-order valence-corrected chi connectivity index (χ4v) is 3.73. The number of benzene rings is 2. The van der Waals surface area contributed by atoms with E-state index in [1.54, 1.807) is 0 Å². The van der Waals surface area contributed by atoms with Gasteiger partial charge in [0.05, 0.1) is 0 Å². The molecule has 0 aromatic heterocycles. The van der Waals surface area contributed by atoms with E-state index < -0.39 is 0 Å². The zero-order chi connectivity index (χ0) is 20.4. The first-order chi connectivity index (χ1) is 12.5. The summed E-state index contributed by atoms with van der Waals surface area (Å²) in [5.74, 6) is 1.11. The third kappa shape index (κ3) is 4.94. The number of fused-ring (bicyclic) bond motifs is 1. The summed E-state index contributed by atoms with van der Waals surface area (Å²) in [5, 5.41) is 22.7. The molecule has 0 bridgehead atoms. The summed E-state index contributed by atoms with van der Waals surface area (Å²) in [4.78, 5) is 0. The zero-order valence-corrected chi connectivity index (χ0v) is 17.9. The Labute approximate surface area is 164 Å². The van der Waals surface area contributed by atoms with Gasteiger partial charge in [-0.05, 0) is 50.5 Å². The van der Waals surface area contributed by atoms with E-state index in [0.29, 0.717) is 23.1 Å². The summed E-state index contributed by atoms with van der Waals surface area (Å²) in [5.41, 5.74) is 4.36. The molecular weight excluding hydrogens is 332 g/mol. The predicted octanol–water partition coefficient (Wildman–Crippen LogP) is 7.07. The molecular formula is C25H34O2. The van der Waals surface area contributed by atoms with Crippen molar-refractivity contribution in [3.8, 4) is 11.5 Å². The van der Waals surface area contributed by atoms with Crippen LogP contribution < -0.4 is 0 Å². The van der Waals surface area contributed by atoms with Crippen LogP contribution in [-0.2, 0) is 6.42 Å². The van der Waals surface area contributed by atoms with Crippen LogP contribution in [0, 0.1) is 18.3 Å². The largest absolute Gasteiger partial charge is 0.507 e. The molecule has 0 aliphatic carbocycles. The average molecular weight is 367 g/mol. The zero-order valence-electron chi connectivity index (χ0n) is 17.9. The number of hydrogen-bond donors (Lipinski definition) is 2. The lowest BCUT2D eigenvalue weighted by molar-refractivity contribution is 0.460. The van der Waals surface area contributed by atoms with Crippen LogP contribution >= 0.6 is 0 Å². The molecule has 2 aromatic rings. The van der Waals surface area contributed by atoms with Crippen molar-refractivity contribution >= 4 is 10.8 Å². The fraction of sp³-hybridized carbons (Fsp3) is 0.440. The highest BCUT2D eigenvalue weighted by Gasteiger charge is 2.18. The van der Waals surface area contributed by atoms with Crippen molar-refractivity contribution in [2.45, 2.75) is 61.3 Å². The lowest BCUT2D eigenvalue weighted by Gasteiger charge is -2.23. The number of allylic oxidation sites excluding steroid dienone is 4. The number of phenols is 2. The van der Waals surface area contributed by atoms with Gasteiger partial charge >= 0.3 is 0 Å². The van der Waals surface area contributed by atoms with E-state index >= 15 is 0 Å². The van der Waals surface area contributed by atoms with Crippen molar-refractivity contribution in [3.63, 3.8) is 0 Å². The summed E-state index contributed by atoms with van der Waals surface area (Å²) in [6.07, 6.45) is 6.14. The van der Waals surface area contributed by atoms with Crippen LogP contribution in [0.25, 0.3) is 10.8 Å². The van der Waals surface area contributed by atoms with Gasteiger partial charge in [0.15, 0.2) is 0 Å². The van der Waals surface area contributed by atoms with Crippen molar-refractivity contribution in [1.29, 1.82) is 0 Å². The second-order valence-electron chi connectivity index (χ2n) is 8.81. The molecule has 0 spiro atoms. The first-order valence-corrected chi connectivity index (χ1v) is 9.80. The van der Waals surface area contributed by atoms with Gasteiger partial charge in [-0.1, -0.05) is 75.3 Å². The molecule has 0 heterocycles. The molecule has 0 radical (unpaired) electrons. The Morgan fingerprint density at radius 2 is 1.59 bits per heavy atom. The van der Waals surface area contributed by atoms with Gasteiger partial charge < -0.3 is 10.2 Å². The maximum atomic E-state index is 10.7. The van der Waals surface area contributed by atoms with Crippen LogP contribution in [0.2, 0.25) is 0 Å². The monoisotopic (exact) mass is 366 g/mol. The Hall–Kier alpha value is -2.22. The lowest BCUT2D eigenvalue weighted by atomic mass is 9.82. The molecule has 0 atom stereocenters. The second-order valence-corrected chi connectivity index (χ2v) is 8.81. The molecule has 0 aliphatic rings. The Morgan fingerprint density at radius 1 is 1.04 bits per heavy atom. The topological polar surface area (TPSA) is 40.5 Å². The quantitative estimate of drug-likeness (QED) is 0.424. The molecule has 2 N–H and O–H groups in total. The maximum Gasteiger partial charge on any atom is 0.127 e. The Bertz CT molecular complexity index is 883. The van der Waals surface area contributed by atoms with E-state index in [-0.39, 0.29) is 16.9 Å². The molecule has 0 saturated carbocycles. The van der Waals surface area contributed by atoms with Gasteiger partial charge in [0, 0.05) is 16.3 Å². The van der Waals surface area contributed by atoms with Gasteiger partial charge in [-0.25, -0.2) is 0 Å². The van der Waals surface area contributed by atoms with Crippen LogP contribution in [0.3, 0.4) is 0 Å². The summed E-state index contributed by atoms with van der Waals surface area (Å²) < 4.78 is 0. The van der Waals surface area contributed by atoms with Crippen molar-refractivity contribution in [1.82, 2.24) is 0 Å². The predicted molar refractivity (Wildman–Crippen MR) is 116 cm³/mol. The van der Waals surface area contributed by atoms with Crippen LogP contribution in [0.5, 0.6) is 11.5 Å². The van der Waals surface area contributed by atoms with Gasteiger partial charge in [0.2, 0.25) is 0 Å². The van der Waals surface area contributed by atoms with Crippen LogP contribution in [0.15, 0.2) is 47.6 Å². The summed E-state index contributed by atoms with van der Waals surface area (Å²) in [7, 11) is 0. The number of rotatable bonds is 6. The summed E-state index contributed by atoms with van der Waals surface area (Å²) >= 11 is 0. The smallest absolute Gasteiger partial charge is 0.127 e. The van der Waals surface area contributed by atoms with Crippen molar-refractivity contribution in [3.05, 3.63) is 58.7 Å². The Kier molecular flexibility index (Phi) is 6.41. The second kappa shape index (κ2) is 8.21. The molecule has 2 nitrogen and oxygen atoms in total. The third-order valence-electron chi connectivity index (χ3n) is 5.45. The molecule has 0 unspecified atom stereocenters. The SMILES string of the molecule is C/C(=C\Cc1c(C)c(O)c2ccccc2c1O)CC(C)(C)/C=C(\C)C(C)C. The standard InChI is InChI=1S/C25H34O2/c1-16(2)18(4)15-25(6,7)14-17(3)12-13-20-19(5)23(26)21-10-8-9-11-22(21)24(20)27/h8-12,15-16,26-27H,13-14H2,1-7H3/b17-12+,18-15+. The van der Waals surface area contributed by atoms with E-state index in [1.807, 2.05) is 31.2 Å². The highest BCUT2D eigenvalue weighted by atomic mass is 16.3. The van der Waals surface area contributed by atoms with Gasteiger partial charge in [-0.3, -0.25) is 0 Å². The average Bonchev–Trinajstić information content (AvgIpc) is 2.58. The molecule has 27 heavy (non-hydrogen) atoms. The minimum Gasteiger partial charge on any atom is -0.507 e. The van der Waals surface area contributed by atoms with Crippen LogP contribution in [0.1, 0.15) is 59.1 Å². The fourth-order valence-electron chi connectivity index (χ4n) is 3.73. The molecule has 0 amide bonds. The van der Waals surface area contributed by atoms with Gasteiger partial charge in [-0.2, -0.15) is 0 Å². The Balaban J connectivity index is 2.29. The van der Waals surface area contributed by atoms with Gasteiger partial charge in [0.25, 0.3) is 0 Å². The maximum absolute atomic E-state index is 10.7. The summed E-state index contributed by atoms with van der Waals surface area (Å²) in [6, 6.07) is 7.45. The molecule has 2 heteroatoms. The van der Waals surface area contributed by atoms with Crippen molar-refractivity contribution in [2.75, 3.05) is 0 Å². The first-order valence-electron chi connectivity index (χ1n) is 9.80. The number of hydrogen-bond acceptors (Lipinski definition) is 2. The molecule has 146 valence electrons. The summed E-state index contributed by atoms with van der Waals surface area (Å²) in [6.45, 7) is 15.2. The van der Waals surface area contributed by atoms with E-state index in [1.165, 1.54) is 11.1 Å². The molecule has 0 aliphatic heterocycles. The van der Waals surface area contributed by atoms with Crippen molar-refractivity contribution < 1.29 is 10.2 Å². The van der Waals surface area contributed by atoms with Gasteiger partial charge in [0.1, 0.15) is 11.5 Å². The minimum absolute atomic E-state index is 0.0948. The third-order valence-corrected chi connectivity index (χ3v) is 5.45. The van der Waals surface area contributed by atoms with E-state index in [9.17, 15) is 10.2 Å². The molecule has 0 saturated heterocycles. The highest BCUT2D eigenvalue weighted by molar-refractivity contribution is 5.95. The lowest BCUT2D eigenvalue weighted by Crippen LogP contribution is -2.10. The number of aromatic hydroxyl groups is 2. The normalized spacial score (nSPS) is 13.6. The molecule has 0 fully saturated rings.